The zero-order chi connectivity index (χ0) is 20.1. The molecule has 1 unspecified atom stereocenters. The number of hydrogen-bond acceptors (Lipinski definition) is 5. The fraction of sp³-hybridized carbons (Fsp3) is 0.333. The molecule has 0 aliphatic carbocycles. The second-order valence-electron chi connectivity index (χ2n) is 6.48. The molecular weight excluding hydrogens is 378 g/mol. The molecule has 7 heteroatoms. The van der Waals surface area contributed by atoms with E-state index in [1.165, 1.54) is 0 Å². The molecule has 1 atom stereocenters. The molecule has 146 valence electrons. The van der Waals surface area contributed by atoms with E-state index in [9.17, 15) is 10.1 Å². The Morgan fingerprint density at radius 2 is 1.68 bits per heavy atom. The summed E-state index contributed by atoms with van der Waals surface area (Å²) >= 11 is 5.94. The Morgan fingerprint density at radius 1 is 1.04 bits per heavy atom. The zero-order valence-corrected chi connectivity index (χ0v) is 16.6. The first-order chi connectivity index (χ1) is 13.6. The second-order valence-corrected chi connectivity index (χ2v) is 6.92. The maximum atomic E-state index is 12.9. The van der Waals surface area contributed by atoms with Gasteiger partial charge >= 0.3 is 0 Å². The Hall–Kier alpha value is -2.75. The third-order valence-corrected chi connectivity index (χ3v) is 5.16. The van der Waals surface area contributed by atoms with Gasteiger partial charge in [0.15, 0.2) is 11.5 Å². The highest BCUT2D eigenvalue weighted by atomic mass is 35.5. The molecule has 0 saturated carbocycles. The molecule has 1 saturated heterocycles. The Kier molecular flexibility index (Phi) is 6.40. The van der Waals surface area contributed by atoms with Gasteiger partial charge in [0.05, 0.1) is 20.3 Å². The van der Waals surface area contributed by atoms with Crippen LogP contribution in [-0.2, 0) is 0 Å². The summed E-state index contributed by atoms with van der Waals surface area (Å²) in [6.07, 6.45) is 0. The summed E-state index contributed by atoms with van der Waals surface area (Å²) in [6.45, 7) is 2.36. The van der Waals surface area contributed by atoms with Gasteiger partial charge < -0.3 is 14.4 Å². The number of piperazine rings is 1. The number of amides is 1. The lowest BCUT2D eigenvalue weighted by Crippen LogP contribution is -2.49. The fourth-order valence-electron chi connectivity index (χ4n) is 3.35. The van der Waals surface area contributed by atoms with Crippen LogP contribution in [0, 0.1) is 11.3 Å². The topological polar surface area (TPSA) is 65.8 Å². The van der Waals surface area contributed by atoms with Crippen LogP contribution >= 0.6 is 11.6 Å². The molecule has 1 fully saturated rings. The van der Waals surface area contributed by atoms with E-state index < -0.39 is 0 Å². The Bertz CT molecular complexity index is 871. The van der Waals surface area contributed by atoms with E-state index in [1.807, 2.05) is 12.1 Å². The minimum Gasteiger partial charge on any atom is -0.493 e. The van der Waals surface area contributed by atoms with Crippen LogP contribution < -0.4 is 9.47 Å². The predicted molar refractivity (Wildman–Crippen MR) is 107 cm³/mol. The molecule has 0 spiro atoms. The average molecular weight is 400 g/mol. The summed E-state index contributed by atoms with van der Waals surface area (Å²) in [5.41, 5.74) is 1.47. The van der Waals surface area contributed by atoms with Crippen molar-refractivity contribution in [2.24, 2.45) is 0 Å². The van der Waals surface area contributed by atoms with E-state index in [2.05, 4.69) is 11.0 Å². The maximum absolute atomic E-state index is 12.9. The summed E-state index contributed by atoms with van der Waals surface area (Å²) in [7, 11) is 3.11. The van der Waals surface area contributed by atoms with Gasteiger partial charge in [0.25, 0.3) is 5.91 Å². The van der Waals surface area contributed by atoms with Gasteiger partial charge in [-0.25, -0.2) is 0 Å². The van der Waals surface area contributed by atoms with Crippen LogP contribution in [-0.4, -0.2) is 56.1 Å². The molecule has 1 amide bonds. The molecule has 0 bridgehead atoms. The van der Waals surface area contributed by atoms with Crippen LogP contribution in [0.2, 0.25) is 5.02 Å². The lowest BCUT2D eigenvalue weighted by Gasteiger charge is -2.37. The Labute approximate surface area is 169 Å². The van der Waals surface area contributed by atoms with Crippen molar-refractivity contribution in [2.45, 2.75) is 6.04 Å². The molecule has 0 radical (unpaired) electrons. The van der Waals surface area contributed by atoms with E-state index in [1.54, 1.807) is 49.5 Å². The minimum atomic E-state index is -0.351. The van der Waals surface area contributed by atoms with Gasteiger partial charge in [-0.3, -0.25) is 9.69 Å². The van der Waals surface area contributed by atoms with Crippen molar-refractivity contribution in [3.63, 3.8) is 0 Å². The van der Waals surface area contributed by atoms with Crippen molar-refractivity contribution in [3.05, 3.63) is 58.6 Å². The summed E-state index contributed by atoms with van der Waals surface area (Å²) in [5.74, 6) is 1.06. The highest BCUT2D eigenvalue weighted by Gasteiger charge is 2.28. The van der Waals surface area contributed by atoms with E-state index in [-0.39, 0.29) is 11.9 Å². The number of benzene rings is 2. The molecule has 6 nitrogen and oxygen atoms in total. The number of ether oxygens (including phenoxy) is 2. The monoisotopic (exact) mass is 399 g/mol. The third kappa shape index (κ3) is 4.22. The number of methoxy groups -OCH3 is 2. The maximum Gasteiger partial charge on any atom is 0.254 e. The molecule has 1 aliphatic heterocycles. The van der Waals surface area contributed by atoms with E-state index in [4.69, 9.17) is 21.1 Å². The largest absolute Gasteiger partial charge is 0.493 e. The van der Waals surface area contributed by atoms with Crippen LogP contribution in [0.5, 0.6) is 11.5 Å². The van der Waals surface area contributed by atoms with Gasteiger partial charge in [-0.1, -0.05) is 23.7 Å². The van der Waals surface area contributed by atoms with Crippen molar-refractivity contribution < 1.29 is 14.3 Å². The summed E-state index contributed by atoms with van der Waals surface area (Å²) < 4.78 is 10.5. The van der Waals surface area contributed by atoms with Crippen LogP contribution in [0.4, 0.5) is 0 Å². The van der Waals surface area contributed by atoms with Crippen LogP contribution in [0.15, 0.2) is 42.5 Å². The number of carbonyl (C=O) groups excluding carboxylic acids is 1. The van der Waals surface area contributed by atoms with E-state index in [0.29, 0.717) is 48.3 Å². The summed E-state index contributed by atoms with van der Waals surface area (Å²) in [6, 6.07) is 14.5. The van der Waals surface area contributed by atoms with Crippen molar-refractivity contribution in [3.8, 4) is 17.6 Å². The fourth-order valence-corrected chi connectivity index (χ4v) is 3.47. The predicted octanol–water partition coefficient (Wildman–Crippen LogP) is 3.38. The quantitative estimate of drug-likeness (QED) is 0.771. The van der Waals surface area contributed by atoms with Crippen LogP contribution in [0.1, 0.15) is 22.0 Å². The highest BCUT2D eigenvalue weighted by Crippen LogP contribution is 2.29. The molecule has 1 heterocycles. The van der Waals surface area contributed by atoms with Crippen LogP contribution in [0.25, 0.3) is 0 Å². The SMILES string of the molecule is COc1ccc(C(=O)N2CCN(C(C#N)c3ccc(Cl)cc3)CC2)cc1OC. The summed E-state index contributed by atoms with van der Waals surface area (Å²) in [4.78, 5) is 16.7. The van der Waals surface area contributed by atoms with E-state index in [0.717, 1.165) is 5.56 Å². The molecule has 2 aromatic rings. The third-order valence-electron chi connectivity index (χ3n) is 4.91. The molecule has 1 aliphatic rings. The van der Waals surface area contributed by atoms with Gasteiger partial charge in [-0.15, -0.1) is 0 Å². The number of rotatable bonds is 5. The molecule has 2 aromatic carbocycles. The molecule has 0 N–H and O–H groups in total. The van der Waals surface area contributed by atoms with Gasteiger partial charge in [0, 0.05) is 36.8 Å². The molecule has 0 aromatic heterocycles. The average Bonchev–Trinajstić information content (AvgIpc) is 2.75. The second kappa shape index (κ2) is 8.96. The lowest BCUT2D eigenvalue weighted by molar-refractivity contribution is 0.0606. The molecule has 3 rings (SSSR count). The van der Waals surface area contributed by atoms with Crippen molar-refractivity contribution in [2.75, 3.05) is 40.4 Å². The number of nitrogens with zero attached hydrogens (tertiary/aromatic N) is 3. The van der Waals surface area contributed by atoms with Crippen molar-refractivity contribution in [1.82, 2.24) is 9.80 Å². The van der Waals surface area contributed by atoms with Crippen LogP contribution in [0.3, 0.4) is 0 Å². The standard InChI is InChI=1S/C21H22ClN3O3/c1-27-19-8-5-16(13-20(19)28-2)21(26)25-11-9-24(10-12-25)18(14-23)15-3-6-17(22)7-4-15/h3-8,13,18H,9-12H2,1-2H3. The Balaban J connectivity index is 1.67. The van der Waals surface area contributed by atoms with E-state index >= 15 is 0 Å². The minimum absolute atomic E-state index is 0.0550. The number of halogens is 1. The number of nitriles is 1. The highest BCUT2D eigenvalue weighted by molar-refractivity contribution is 6.30. The smallest absolute Gasteiger partial charge is 0.254 e. The first kappa shape index (κ1) is 20.0. The van der Waals surface area contributed by atoms with Gasteiger partial charge in [-0.05, 0) is 35.9 Å². The Morgan fingerprint density at radius 3 is 2.25 bits per heavy atom. The number of carbonyl (C=O) groups is 1. The first-order valence-electron chi connectivity index (χ1n) is 8.97. The lowest BCUT2D eigenvalue weighted by atomic mass is 10.1. The van der Waals surface area contributed by atoms with Crippen molar-refractivity contribution >= 4 is 17.5 Å². The number of hydrogen-bond donors (Lipinski definition) is 0. The normalized spacial score (nSPS) is 15.6. The van der Waals surface area contributed by atoms with Crippen molar-refractivity contribution in [1.29, 1.82) is 5.26 Å². The van der Waals surface area contributed by atoms with Gasteiger partial charge in [0.2, 0.25) is 0 Å². The molecular formula is C21H22ClN3O3. The zero-order valence-electron chi connectivity index (χ0n) is 15.9. The first-order valence-corrected chi connectivity index (χ1v) is 9.35. The van der Waals surface area contributed by atoms with Gasteiger partial charge in [-0.2, -0.15) is 5.26 Å². The van der Waals surface area contributed by atoms with Gasteiger partial charge in [0.1, 0.15) is 6.04 Å². The molecule has 28 heavy (non-hydrogen) atoms. The summed E-state index contributed by atoms with van der Waals surface area (Å²) in [5, 5.41) is 10.3.